The molecule has 0 atom stereocenters. The van der Waals surface area contributed by atoms with E-state index in [0.717, 1.165) is 11.3 Å². The highest BCUT2D eigenvalue weighted by atomic mass is 32.1. The fraction of sp³-hybridized carbons (Fsp3) is 0.357. The zero-order valence-corrected chi connectivity index (χ0v) is 23.3. The second-order valence-corrected chi connectivity index (χ2v) is 10.4. The van der Waals surface area contributed by atoms with E-state index in [0.29, 0.717) is 41.2 Å². The van der Waals surface area contributed by atoms with Crippen LogP contribution in [0, 0.1) is 12.7 Å². The van der Waals surface area contributed by atoms with Gasteiger partial charge in [-0.25, -0.2) is 9.37 Å². The summed E-state index contributed by atoms with van der Waals surface area (Å²) < 4.78 is 96.5. The molecule has 0 aliphatic rings. The Kier molecular flexibility index (Phi) is 8.83. The molecule has 0 unspecified atom stereocenters. The number of hydrogen-bond acceptors (Lipinski definition) is 4. The normalized spacial score (nSPS) is 12.4. The van der Waals surface area contributed by atoms with Gasteiger partial charge in [0, 0.05) is 19.2 Å². The largest absolute Gasteiger partial charge is 0.416 e. The van der Waals surface area contributed by atoms with Crippen molar-refractivity contribution in [2.75, 3.05) is 22.8 Å². The van der Waals surface area contributed by atoms with Crippen LogP contribution < -0.4 is 9.21 Å². The molecule has 0 N–H and O–H groups in total. The predicted molar refractivity (Wildman–Crippen MR) is 144 cm³/mol. The summed E-state index contributed by atoms with van der Waals surface area (Å²) in [6.07, 6.45) is -8.01. The minimum atomic E-state index is -5.06. The van der Waals surface area contributed by atoms with Gasteiger partial charge in [0.05, 0.1) is 28.4 Å². The fourth-order valence-electron chi connectivity index (χ4n) is 4.28. The van der Waals surface area contributed by atoms with E-state index in [4.69, 9.17) is 0 Å². The molecule has 2 aromatic carbocycles. The lowest BCUT2D eigenvalue weighted by molar-refractivity contribution is -0.143. The molecule has 216 valence electrons. The lowest BCUT2D eigenvalue weighted by atomic mass is 9.81. The van der Waals surface area contributed by atoms with Gasteiger partial charge in [0.2, 0.25) is 5.91 Å². The number of carbonyl (C=O) groups is 1. The number of nitrogens with zero attached hydrogens (tertiary/aromatic N) is 3. The van der Waals surface area contributed by atoms with Crippen LogP contribution in [0.3, 0.4) is 0 Å². The number of thiol groups is 1. The van der Waals surface area contributed by atoms with Crippen molar-refractivity contribution in [1.82, 2.24) is 4.98 Å². The van der Waals surface area contributed by atoms with Gasteiger partial charge in [-0.1, -0.05) is 25.8 Å². The van der Waals surface area contributed by atoms with E-state index in [1.807, 2.05) is 6.92 Å². The molecule has 3 aromatic rings. The van der Waals surface area contributed by atoms with Crippen LogP contribution in [0.15, 0.2) is 48.7 Å². The molecular formula is C28H28F7N3OS. The fourth-order valence-corrected chi connectivity index (χ4v) is 4.59. The van der Waals surface area contributed by atoms with Crippen LogP contribution in [-0.4, -0.2) is 24.5 Å². The Hall–Kier alpha value is -3.28. The average Bonchev–Trinajstić information content (AvgIpc) is 2.86. The van der Waals surface area contributed by atoms with Crippen molar-refractivity contribution in [2.45, 2.75) is 51.9 Å². The maximum Gasteiger partial charge on any atom is 0.416 e. The number of halogens is 7. The van der Waals surface area contributed by atoms with E-state index in [2.05, 4.69) is 17.8 Å². The van der Waals surface area contributed by atoms with E-state index < -0.39 is 46.2 Å². The van der Waals surface area contributed by atoms with Gasteiger partial charge in [-0.05, 0) is 80.3 Å². The SMILES string of the molecule is CCCN(S)c1cc(-c2ccc(F)cc2C)c(N(C)C(=O)C(C)(C)c2cc(C(F)(F)F)cc(C(F)(F)F)c2)cn1. The lowest BCUT2D eigenvalue weighted by Gasteiger charge is -2.32. The second-order valence-electron chi connectivity index (χ2n) is 9.93. The summed E-state index contributed by atoms with van der Waals surface area (Å²) in [4.78, 5) is 19.3. The van der Waals surface area contributed by atoms with E-state index in [1.165, 1.54) is 45.3 Å². The summed E-state index contributed by atoms with van der Waals surface area (Å²) in [5, 5.41) is 0. The summed E-state index contributed by atoms with van der Waals surface area (Å²) in [5.41, 5.74) is -3.55. The molecule has 3 rings (SSSR count). The van der Waals surface area contributed by atoms with Gasteiger partial charge in [-0.3, -0.25) is 4.79 Å². The van der Waals surface area contributed by atoms with Crippen molar-refractivity contribution in [1.29, 1.82) is 0 Å². The van der Waals surface area contributed by atoms with E-state index in [9.17, 15) is 35.5 Å². The van der Waals surface area contributed by atoms with Crippen LogP contribution >= 0.6 is 12.8 Å². The first kappa shape index (κ1) is 31.3. The van der Waals surface area contributed by atoms with Gasteiger partial charge in [0.25, 0.3) is 0 Å². The summed E-state index contributed by atoms with van der Waals surface area (Å²) in [5.74, 6) is -0.832. The Bertz CT molecular complexity index is 1370. The topological polar surface area (TPSA) is 36.4 Å². The van der Waals surface area contributed by atoms with Crippen LogP contribution in [0.5, 0.6) is 0 Å². The molecule has 1 aromatic heterocycles. The van der Waals surface area contributed by atoms with Gasteiger partial charge >= 0.3 is 12.4 Å². The Morgan fingerprint density at radius 2 is 1.45 bits per heavy atom. The first-order chi connectivity index (χ1) is 18.4. The molecule has 12 heteroatoms. The number of anilines is 2. The van der Waals surface area contributed by atoms with Crippen LogP contribution in [0.4, 0.5) is 42.2 Å². The number of rotatable bonds is 7. The monoisotopic (exact) mass is 587 g/mol. The highest BCUT2D eigenvalue weighted by molar-refractivity contribution is 7.81. The number of pyridine rings is 1. The van der Waals surface area contributed by atoms with Crippen molar-refractivity contribution in [3.05, 3.63) is 76.7 Å². The Balaban J connectivity index is 2.17. The predicted octanol–water partition coefficient (Wildman–Crippen LogP) is 8.24. The molecule has 0 saturated carbocycles. The van der Waals surface area contributed by atoms with Crippen molar-refractivity contribution >= 4 is 30.2 Å². The van der Waals surface area contributed by atoms with Gasteiger partial charge in [-0.2, -0.15) is 26.3 Å². The van der Waals surface area contributed by atoms with Crippen LogP contribution in [0.2, 0.25) is 0 Å². The number of aromatic nitrogens is 1. The molecule has 40 heavy (non-hydrogen) atoms. The van der Waals surface area contributed by atoms with Gasteiger partial charge in [0.15, 0.2) is 0 Å². The Labute approximate surface area is 233 Å². The first-order valence-electron chi connectivity index (χ1n) is 12.2. The molecule has 1 amide bonds. The third kappa shape index (κ3) is 6.54. The Morgan fingerprint density at radius 1 is 0.900 bits per heavy atom. The number of likely N-dealkylation sites (N-methyl/N-ethyl adjacent to an activating group) is 1. The van der Waals surface area contributed by atoms with E-state index in [1.54, 1.807) is 17.3 Å². The first-order valence-corrected chi connectivity index (χ1v) is 12.6. The molecule has 0 spiro atoms. The molecule has 0 fully saturated rings. The standard InChI is InChI=1S/C28H28F7N3OS/c1-6-9-38(40)24-14-22(21-8-7-20(29)10-16(21)2)23(15-36-24)37(5)25(39)26(3,4)17-11-18(27(30,31)32)13-19(12-17)28(33,34)35/h7-8,10-15,40H,6,9H2,1-5H3. The van der Waals surface area contributed by atoms with Crippen molar-refractivity contribution in [3.63, 3.8) is 0 Å². The third-order valence-electron chi connectivity index (χ3n) is 6.56. The van der Waals surface area contributed by atoms with Crippen LogP contribution in [-0.2, 0) is 22.6 Å². The van der Waals surface area contributed by atoms with E-state index in [-0.39, 0.29) is 11.8 Å². The molecule has 1 heterocycles. The molecule has 0 aliphatic carbocycles. The zero-order chi connectivity index (χ0) is 30.2. The van der Waals surface area contributed by atoms with Crippen LogP contribution in [0.25, 0.3) is 11.1 Å². The number of hydrogen-bond donors (Lipinski definition) is 1. The quantitative estimate of drug-likeness (QED) is 0.224. The summed E-state index contributed by atoms with van der Waals surface area (Å²) in [7, 11) is 1.35. The number of aryl methyl sites for hydroxylation is 1. The maximum absolute atomic E-state index is 13.9. The van der Waals surface area contributed by atoms with Gasteiger partial charge in [0.1, 0.15) is 11.6 Å². The van der Waals surface area contributed by atoms with Crippen molar-refractivity contribution in [3.8, 4) is 11.1 Å². The van der Waals surface area contributed by atoms with Gasteiger partial charge in [-0.15, -0.1) is 0 Å². The molecule has 4 nitrogen and oxygen atoms in total. The number of carbonyl (C=O) groups excluding carboxylic acids is 1. The van der Waals surface area contributed by atoms with Gasteiger partial charge < -0.3 is 9.21 Å². The maximum atomic E-state index is 13.9. The van der Waals surface area contributed by atoms with E-state index >= 15 is 0 Å². The number of benzene rings is 2. The Morgan fingerprint density at radius 3 is 1.95 bits per heavy atom. The van der Waals surface area contributed by atoms with Crippen molar-refractivity contribution < 1.29 is 35.5 Å². The number of amides is 1. The summed E-state index contributed by atoms with van der Waals surface area (Å²) >= 11 is 4.43. The third-order valence-corrected chi connectivity index (χ3v) is 6.96. The highest BCUT2D eigenvalue weighted by Crippen LogP contribution is 2.41. The van der Waals surface area contributed by atoms with Crippen LogP contribution in [0.1, 0.15) is 49.4 Å². The molecular weight excluding hydrogens is 559 g/mol. The highest BCUT2D eigenvalue weighted by Gasteiger charge is 2.41. The second kappa shape index (κ2) is 11.3. The summed E-state index contributed by atoms with van der Waals surface area (Å²) in [6, 6.07) is 6.82. The zero-order valence-electron chi connectivity index (χ0n) is 22.4. The molecule has 0 radical (unpaired) electrons. The smallest absolute Gasteiger partial charge is 0.313 e. The summed E-state index contributed by atoms with van der Waals surface area (Å²) in [6.45, 7) is 6.65. The van der Waals surface area contributed by atoms with Crippen molar-refractivity contribution in [2.24, 2.45) is 0 Å². The lowest BCUT2D eigenvalue weighted by Crippen LogP contribution is -2.42. The minimum absolute atomic E-state index is 0.0192. The average molecular weight is 588 g/mol. The molecule has 0 saturated heterocycles. The minimum Gasteiger partial charge on any atom is -0.313 e. The number of alkyl halides is 6. The molecule has 0 aliphatic heterocycles. The molecule has 0 bridgehead atoms.